The number of benzene rings is 2. The van der Waals surface area contributed by atoms with Gasteiger partial charge in [-0.2, -0.15) is 0 Å². The molecule has 2 atom stereocenters. The third kappa shape index (κ3) is 6.87. The van der Waals surface area contributed by atoms with E-state index in [1.165, 1.54) is 11.8 Å². The predicted molar refractivity (Wildman–Crippen MR) is 138 cm³/mol. The molecule has 1 aliphatic heterocycles. The molecule has 1 fully saturated rings. The molecule has 4 rings (SSSR count). The van der Waals surface area contributed by atoms with E-state index in [1.54, 1.807) is 12.4 Å². The zero-order valence-corrected chi connectivity index (χ0v) is 21.3. The zero-order valence-electron chi connectivity index (χ0n) is 20.5. The van der Waals surface area contributed by atoms with E-state index < -0.39 is 30.0 Å². The molecule has 3 amide bonds. The van der Waals surface area contributed by atoms with E-state index in [0.717, 1.165) is 20.9 Å². The second-order valence-corrected chi connectivity index (χ2v) is 9.98. The zero-order chi connectivity index (χ0) is 26.4. The van der Waals surface area contributed by atoms with Crippen molar-refractivity contribution in [3.8, 4) is 5.75 Å². The minimum atomic E-state index is -0.766. The van der Waals surface area contributed by atoms with Crippen molar-refractivity contribution in [3.05, 3.63) is 83.7 Å². The van der Waals surface area contributed by atoms with Crippen LogP contribution in [0.5, 0.6) is 5.75 Å². The van der Waals surface area contributed by atoms with E-state index in [0.29, 0.717) is 17.9 Å². The Balaban J connectivity index is 1.33. The van der Waals surface area contributed by atoms with Crippen LogP contribution in [0.4, 0.5) is 4.79 Å². The Labute approximate surface area is 219 Å². The molecule has 1 unspecified atom stereocenters. The maximum absolute atomic E-state index is 12.1. The maximum Gasteiger partial charge on any atom is 0.323 e. The topological polar surface area (TPSA) is 133 Å². The lowest BCUT2D eigenvalue weighted by atomic mass is 10.1. The van der Waals surface area contributed by atoms with E-state index in [9.17, 15) is 14.4 Å². The van der Waals surface area contributed by atoms with Crippen molar-refractivity contribution in [1.82, 2.24) is 15.6 Å². The molecule has 1 saturated heterocycles. The fourth-order valence-corrected chi connectivity index (χ4v) is 4.51. The standard InChI is InChI=1S/C27H28N4O5S/c1-16(2)23(28)26(33)36-15-18-5-3-4-17(12-18)14-35-19-6-8-20(9-7-19)37-22-10-11-29-13-21(22)24-25(32)31-27(34)30-24/h3-13,16,23-24H,14-15,28H2,1-2H3,(H2,30,31,32,34)/t23-,24?/m0/s1. The number of nitrogens with zero attached hydrogens (tertiary/aromatic N) is 1. The average Bonchev–Trinajstić information content (AvgIpc) is 3.24. The highest BCUT2D eigenvalue weighted by atomic mass is 32.2. The first kappa shape index (κ1) is 26.2. The Kier molecular flexibility index (Phi) is 8.42. The highest BCUT2D eigenvalue weighted by molar-refractivity contribution is 7.99. The van der Waals surface area contributed by atoms with Gasteiger partial charge in [0, 0.05) is 27.7 Å². The van der Waals surface area contributed by atoms with Crippen LogP contribution in [0, 0.1) is 5.92 Å². The Morgan fingerprint density at radius 3 is 2.49 bits per heavy atom. The molecule has 4 N–H and O–H groups in total. The number of aromatic nitrogens is 1. The second kappa shape index (κ2) is 11.9. The van der Waals surface area contributed by atoms with E-state index in [2.05, 4.69) is 15.6 Å². The molecular formula is C27H28N4O5S. The fraction of sp³-hybridized carbons (Fsp3) is 0.259. The molecule has 1 aromatic heterocycles. The molecule has 10 heteroatoms. The average molecular weight is 521 g/mol. The molecule has 1 aliphatic rings. The van der Waals surface area contributed by atoms with Gasteiger partial charge >= 0.3 is 12.0 Å². The van der Waals surface area contributed by atoms with Crippen molar-refractivity contribution in [1.29, 1.82) is 0 Å². The third-order valence-corrected chi connectivity index (χ3v) is 6.81. The van der Waals surface area contributed by atoms with E-state index in [1.807, 2.05) is 68.4 Å². The highest BCUT2D eigenvalue weighted by Gasteiger charge is 2.32. The van der Waals surface area contributed by atoms with Crippen molar-refractivity contribution in [2.75, 3.05) is 0 Å². The number of amides is 3. The van der Waals surface area contributed by atoms with Crippen LogP contribution in [0.15, 0.2) is 76.8 Å². The summed E-state index contributed by atoms with van der Waals surface area (Å²) in [4.78, 5) is 41.5. The van der Waals surface area contributed by atoms with E-state index in [4.69, 9.17) is 15.2 Å². The summed E-state index contributed by atoms with van der Waals surface area (Å²) in [5.41, 5.74) is 8.27. The first-order valence-corrected chi connectivity index (χ1v) is 12.6. The van der Waals surface area contributed by atoms with Crippen LogP contribution in [0.3, 0.4) is 0 Å². The van der Waals surface area contributed by atoms with Gasteiger partial charge in [-0.15, -0.1) is 0 Å². The van der Waals surface area contributed by atoms with E-state index >= 15 is 0 Å². The number of hydrogen-bond acceptors (Lipinski definition) is 8. The molecule has 3 aromatic rings. The SMILES string of the molecule is CC(C)[C@H](N)C(=O)OCc1cccc(COc2ccc(Sc3ccncc3C3NC(=O)NC3=O)cc2)c1. The second-order valence-electron chi connectivity index (χ2n) is 8.87. The number of nitrogens with one attached hydrogen (secondary N) is 2. The predicted octanol–water partition coefficient (Wildman–Crippen LogP) is 3.72. The molecule has 9 nitrogen and oxygen atoms in total. The molecule has 0 bridgehead atoms. The largest absolute Gasteiger partial charge is 0.489 e. The number of imide groups is 1. The molecular weight excluding hydrogens is 492 g/mol. The minimum absolute atomic E-state index is 0.0141. The van der Waals surface area contributed by atoms with Gasteiger partial charge in [0.25, 0.3) is 5.91 Å². The van der Waals surface area contributed by atoms with Crippen molar-refractivity contribution in [2.24, 2.45) is 11.7 Å². The van der Waals surface area contributed by atoms with Gasteiger partial charge in [0.05, 0.1) is 0 Å². The number of pyridine rings is 1. The van der Waals surface area contributed by atoms with E-state index in [-0.39, 0.29) is 12.5 Å². The summed E-state index contributed by atoms with van der Waals surface area (Å²) in [6, 6.07) is 15.1. The van der Waals surface area contributed by atoms with Gasteiger partial charge in [-0.05, 0) is 53.4 Å². The molecule has 0 aliphatic carbocycles. The first-order chi connectivity index (χ1) is 17.8. The lowest BCUT2D eigenvalue weighted by molar-refractivity contribution is -0.147. The summed E-state index contributed by atoms with van der Waals surface area (Å²) >= 11 is 1.46. The van der Waals surface area contributed by atoms with Crippen LogP contribution >= 0.6 is 11.8 Å². The molecule has 0 spiro atoms. The first-order valence-electron chi connectivity index (χ1n) is 11.8. The summed E-state index contributed by atoms with van der Waals surface area (Å²) < 4.78 is 11.3. The summed E-state index contributed by atoms with van der Waals surface area (Å²) in [6.45, 7) is 4.26. The van der Waals surface area contributed by atoms with Gasteiger partial charge in [-0.3, -0.25) is 19.9 Å². The number of esters is 1. The maximum atomic E-state index is 12.1. The van der Waals surface area contributed by atoms with Crippen LogP contribution in [-0.4, -0.2) is 28.9 Å². The summed E-state index contributed by atoms with van der Waals surface area (Å²) in [5, 5.41) is 4.86. The summed E-state index contributed by atoms with van der Waals surface area (Å²) in [5.74, 6) is -0.101. The van der Waals surface area contributed by atoms with Gasteiger partial charge < -0.3 is 20.5 Å². The number of carbonyl (C=O) groups excluding carboxylic acids is 3. The Bertz CT molecular complexity index is 1280. The smallest absolute Gasteiger partial charge is 0.323 e. The lowest BCUT2D eigenvalue weighted by Crippen LogP contribution is -2.36. The number of hydrogen-bond donors (Lipinski definition) is 3. The molecule has 2 heterocycles. The van der Waals surface area contributed by atoms with Gasteiger partial charge in [0.15, 0.2) is 0 Å². The van der Waals surface area contributed by atoms with Crippen LogP contribution in [0.25, 0.3) is 0 Å². The van der Waals surface area contributed by atoms with Crippen molar-refractivity contribution < 1.29 is 23.9 Å². The lowest BCUT2D eigenvalue weighted by Gasteiger charge is -2.15. The van der Waals surface area contributed by atoms with Crippen LogP contribution in [-0.2, 0) is 27.5 Å². The van der Waals surface area contributed by atoms with Gasteiger partial charge in [-0.1, -0.05) is 43.8 Å². The highest BCUT2D eigenvalue weighted by Crippen LogP contribution is 2.34. The summed E-state index contributed by atoms with van der Waals surface area (Å²) in [6.07, 6.45) is 3.23. The third-order valence-electron chi connectivity index (χ3n) is 5.72. The Hall–Kier alpha value is -3.89. The van der Waals surface area contributed by atoms with Crippen molar-refractivity contribution >= 4 is 29.7 Å². The van der Waals surface area contributed by atoms with Crippen molar-refractivity contribution in [2.45, 2.75) is 48.9 Å². The molecule has 37 heavy (non-hydrogen) atoms. The normalized spacial score (nSPS) is 15.7. The number of urea groups is 1. The quantitative estimate of drug-likeness (QED) is 0.272. The monoisotopic (exact) mass is 520 g/mol. The van der Waals surface area contributed by atoms with Crippen LogP contribution in [0.2, 0.25) is 0 Å². The minimum Gasteiger partial charge on any atom is -0.489 e. The number of carbonyl (C=O) groups is 3. The number of nitrogens with two attached hydrogens (primary N) is 1. The van der Waals surface area contributed by atoms with Crippen LogP contribution < -0.4 is 21.1 Å². The molecule has 0 radical (unpaired) electrons. The molecule has 2 aromatic carbocycles. The summed E-state index contributed by atoms with van der Waals surface area (Å²) in [7, 11) is 0. The Morgan fingerprint density at radius 1 is 1.08 bits per heavy atom. The van der Waals surface area contributed by atoms with Crippen LogP contribution in [0.1, 0.15) is 36.6 Å². The van der Waals surface area contributed by atoms with Gasteiger partial charge in [0.2, 0.25) is 0 Å². The number of rotatable bonds is 10. The van der Waals surface area contributed by atoms with Gasteiger partial charge in [0.1, 0.15) is 31.0 Å². The van der Waals surface area contributed by atoms with Gasteiger partial charge in [-0.25, -0.2) is 4.79 Å². The number of ether oxygens (including phenoxy) is 2. The molecule has 192 valence electrons. The fourth-order valence-electron chi connectivity index (χ4n) is 3.57. The Morgan fingerprint density at radius 2 is 1.81 bits per heavy atom. The van der Waals surface area contributed by atoms with Crippen molar-refractivity contribution in [3.63, 3.8) is 0 Å². The molecule has 0 saturated carbocycles.